The summed E-state index contributed by atoms with van der Waals surface area (Å²) < 4.78 is 58.1. The zero-order chi connectivity index (χ0) is 28.8. The molecule has 1 unspecified atom stereocenters. The Labute approximate surface area is 232 Å². The van der Waals surface area contributed by atoms with Crippen molar-refractivity contribution in [2.75, 3.05) is 18.6 Å². The van der Waals surface area contributed by atoms with Gasteiger partial charge in [0, 0.05) is 10.7 Å². The van der Waals surface area contributed by atoms with Crippen LogP contribution in [0, 0.1) is 5.92 Å². The van der Waals surface area contributed by atoms with Crippen molar-refractivity contribution >= 4 is 34.2 Å². The third-order valence-electron chi connectivity index (χ3n) is 6.74. The van der Waals surface area contributed by atoms with Crippen molar-refractivity contribution < 1.29 is 31.9 Å². The first-order chi connectivity index (χ1) is 19.0. The summed E-state index contributed by atoms with van der Waals surface area (Å²) in [7, 11) is 1.45. The van der Waals surface area contributed by atoms with Gasteiger partial charge in [-0.15, -0.1) is 0 Å². The predicted octanol–water partition coefficient (Wildman–Crippen LogP) is 7.65. The third kappa shape index (κ3) is 5.01. The highest BCUT2D eigenvalue weighted by Gasteiger charge is 2.44. The highest BCUT2D eigenvalue weighted by molar-refractivity contribution is 6.31. The van der Waals surface area contributed by atoms with E-state index in [1.807, 2.05) is 0 Å². The first-order valence-electron chi connectivity index (χ1n) is 12.6. The van der Waals surface area contributed by atoms with E-state index in [9.17, 15) is 22.8 Å². The number of carbonyl (C=O) groups excluding carboxylic acids is 1. The molecule has 0 radical (unpaired) electrons. The maximum absolute atomic E-state index is 13.8. The molecule has 0 N–H and O–H groups in total. The molecule has 0 bridgehead atoms. The van der Waals surface area contributed by atoms with Gasteiger partial charge in [0.25, 0.3) is 5.91 Å². The Kier molecular flexibility index (Phi) is 7.27. The Hall–Kier alpha value is -3.98. The Morgan fingerprint density at radius 3 is 2.50 bits per heavy atom. The number of anilines is 1. The highest BCUT2D eigenvalue weighted by Crippen LogP contribution is 2.44. The summed E-state index contributed by atoms with van der Waals surface area (Å²) in [6, 6.07) is 12.6. The van der Waals surface area contributed by atoms with Crippen molar-refractivity contribution in [2.45, 2.75) is 32.5 Å². The molecule has 1 atom stereocenters. The van der Waals surface area contributed by atoms with Gasteiger partial charge in [-0.05, 0) is 66.4 Å². The summed E-state index contributed by atoms with van der Waals surface area (Å²) in [6.45, 7) is 4.59. The van der Waals surface area contributed by atoms with Crippen LogP contribution >= 0.6 is 11.6 Å². The SMILES string of the molecule is COc1cc(C2c3c(oc4ccc(Cl)cc4c3=O)C(=O)N2c2cccc(C(F)(F)F)c2)ccc1OCCC(C)C. The quantitative estimate of drug-likeness (QED) is 0.228. The molecule has 4 aromatic rings. The third-order valence-corrected chi connectivity index (χ3v) is 6.98. The highest BCUT2D eigenvalue weighted by atomic mass is 35.5. The monoisotopic (exact) mass is 571 g/mol. The van der Waals surface area contributed by atoms with Crippen molar-refractivity contribution in [2.24, 2.45) is 5.92 Å². The number of rotatable bonds is 7. The van der Waals surface area contributed by atoms with E-state index >= 15 is 0 Å². The molecule has 3 aromatic carbocycles. The summed E-state index contributed by atoms with van der Waals surface area (Å²) >= 11 is 6.13. The van der Waals surface area contributed by atoms with Crippen LogP contribution in [-0.2, 0) is 6.18 Å². The van der Waals surface area contributed by atoms with Crippen molar-refractivity contribution in [3.05, 3.63) is 98.4 Å². The summed E-state index contributed by atoms with van der Waals surface area (Å²) in [5.41, 5.74) is -0.941. The van der Waals surface area contributed by atoms with Crippen LogP contribution in [0.3, 0.4) is 0 Å². The lowest BCUT2D eigenvalue weighted by molar-refractivity contribution is -0.137. The predicted molar refractivity (Wildman–Crippen MR) is 146 cm³/mol. The molecule has 1 aromatic heterocycles. The second-order valence-corrected chi connectivity index (χ2v) is 10.3. The standard InChI is InChI=1S/C30H25ClF3NO5/c1-16(2)11-12-39-23-9-7-17(13-24(23)38-3)26-25-27(36)21-15-19(31)8-10-22(21)40-28(25)29(37)35(26)20-6-4-5-18(14-20)30(32,33)34/h4-10,13-16,26H,11-12H2,1-3H3. The number of benzene rings is 3. The van der Waals surface area contributed by atoms with Crippen molar-refractivity contribution in [3.8, 4) is 11.5 Å². The molecule has 0 saturated heterocycles. The fraction of sp³-hybridized carbons (Fsp3) is 0.267. The Bertz CT molecular complexity index is 1660. The number of halogens is 4. The number of nitrogens with zero attached hydrogens (tertiary/aromatic N) is 1. The maximum atomic E-state index is 13.8. The zero-order valence-electron chi connectivity index (χ0n) is 21.8. The number of amides is 1. The average molecular weight is 572 g/mol. The van der Waals surface area contributed by atoms with Crippen LogP contribution in [0.2, 0.25) is 5.02 Å². The topological polar surface area (TPSA) is 69.0 Å². The number of carbonyl (C=O) groups is 1. The molecule has 1 amide bonds. The lowest BCUT2D eigenvalue weighted by Gasteiger charge is -2.26. The molecule has 5 rings (SSSR count). The molecule has 0 saturated carbocycles. The van der Waals surface area contributed by atoms with Crippen LogP contribution in [0.4, 0.5) is 18.9 Å². The van der Waals surface area contributed by atoms with Crippen molar-refractivity contribution in [1.82, 2.24) is 0 Å². The summed E-state index contributed by atoms with van der Waals surface area (Å²) in [5, 5.41) is 0.440. The van der Waals surface area contributed by atoms with Crippen molar-refractivity contribution in [1.29, 1.82) is 0 Å². The molecular weight excluding hydrogens is 547 g/mol. The van der Waals surface area contributed by atoms with Crippen LogP contribution in [0.1, 0.15) is 53.6 Å². The fourth-order valence-electron chi connectivity index (χ4n) is 4.74. The second-order valence-electron chi connectivity index (χ2n) is 9.88. The summed E-state index contributed by atoms with van der Waals surface area (Å²) in [4.78, 5) is 28.7. The number of alkyl halides is 3. The average Bonchev–Trinajstić information content (AvgIpc) is 3.21. The molecule has 1 aliphatic rings. The van der Waals surface area contributed by atoms with Gasteiger partial charge in [-0.3, -0.25) is 14.5 Å². The van der Waals surface area contributed by atoms with Gasteiger partial charge in [0.15, 0.2) is 16.9 Å². The summed E-state index contributed by atoms with van der Waals surface area (Å²) in [6.07, 6.45) is -3.83. The number of fused-ring (bicyclic) bond motifs is 2. The minimum absolute atomic E-state index is 0.00675. The summed E-state index contributed by atoms with van der Waals surface area (Å²) in [5.74, 6) is 0.233. The van der Waals surface area contributed by atoms with E-state index in [4.69, 9.17) is 25.5 Å². The van der Waals surface area contributed by atoms with Crippen LogP contribution in [0.25, 0.3) is 11.0 Å². The van der Waals surface area contributed by atoms with Crippen LogP contribution < -0.4 is 19.8 Å². The first-order valence-corrected chi connectivity index (χ1v) is 12.9. The van der Waals surface area contributed by atoms with E-state index in [1.165, 1.54) is 37.4 Å². The molecule has 0 aliphatic carbocycles. The van der Waals surface area contributed by atoms with Gasteiger partial charge in [-0.25, -0.2) is 0 Å². The number of ether oxygens (including phenoxy) is 2. The molecular formula is C30H25ClF3NO5. The number of hydrogen-bond acceptors (Lipinski definition) is 5. The van der Waals surface area contributed by atoms with E-state index in [-0.39, 0.29) is 28.0 Å². The van der Waals surface area contributed by atoms with Gasteiger partial charge >= 0.3 is 6.18 Å². The normalized spacial score (nSPS) is 15.2. The van der Waals surface area contributed by atoms with Crippen LogP contribution in [-0.4, -0.2) is 19.6 Å². The molecule has 208 valence electrons. The van der Waals surface area contributed by atoms with Gasteiger partial charge in [0.2, 0.25) is 5.76 Å². The number of hydrogen-bond donors (Lipinski definition) is 0. The molecule has 1 aliphatic heterocycles. The molecule has 2 heterocycles. The first kappa shape index (κ1) is 27.6. The molecule has 40 heavy (non-hydrogen) atoms. The fourth-order valence-corrected chi connectivity index (χ4v) is 4.91. The van der Waals surface area contributed by atoms with E-state index in [2.05, 4.69) is 13.8 Å². The minimum atomic E-state index is -4.64. The van der Waals surface area contributed by atoms with E-state index in [1.54, 1.807) is 18.2 Å². The zero-order valence-corrected chi connectivity index (χ0v) is 22.6. The smallest absolute Gasteiger partial charge is 0.416 e. The Morgan fingerprint density at radius 1 is 1.02 bits per heavy atom. The maximum Gasteiger partial charge on any atom is 0.416 e. The molecule has 0 fully saturated rings. The molecule has 6 nitrogen and oxygen atoms in total. The number of methoxy groups -OCH3 is 1. The Balaban J connectivity index is 1.71. The van der Waals surface area contributed by atoms with E-state index in [0.717, 1.165) is 23.5 Å². The lowest BCUT2D eigenvalue weighted by Crippen LogP contribution is -2.29. The minimum Gasteiger partial charge on any atom is -0.493 e. The van der Waals surface area contributed by atoms with Crippen molar-refractivity contribution in [3.63, 3.8) is 0 Å². The van der Waals surface area contributed by atoms with Gasteiger partial charge in [0.1, 0.15) is 5.58 Å². The largest absolute Gasteiger partial charge is 0.493 e. The molecule has 0 spiro atoms. The van der Waals surface area contributed by atoms with E-state index in [0.29, 0.717) is 34.6 Å². The Morgan fingerprint density at radius 2 is 1.80 bits per heavy atom. The lowest BCUT2D eigenvalue weighted by atomic mass is 9.97. The van der Waals surface area contributed by atoms with Gasteiger partial charge < -0.3 is 13.9 Å². The second kappa shape index (κ2) is 10.5. The van der Waals surface area contributed by atoms with E-state index < -0.39 is 29.1 Å². The van der Waals surface area contributed by atoms with Crippen LogP contribution in [0.5, 0.6) is 11.5 Å². The van der Waals surface area contributed by atoms with Gasteiger partial charge in [-0.2, -0.15) is 13.2 Å². The molecule has 10 heteroatoms. The van der Waals surface area contributed by atoms with Gasteiger partial charge in [-0.1, -0.05) is 37.6 Å². The van der Waals surface area contributed by atoms with Gasteiger partial charge in [0.05, 0.1) is 36.3 Å². The van der Waals surface area contributed by atoms with Crippen LogP contribution in [0.15, 0.2) is 69.9 Å².